The SMILES string of the molecule is CC[C@@H]1C(=O)N(c2ccc(C)cc2)C(=O)[C@@H]2C(=O)Oc3ccccc3[C@@H]21. The second-order valence-corrected chi connectivity index (χ2v) is 6.82. The number of aryl methyl sites for hydroxylation is 1. The number of piperidine rings is 1. The van der Waals surface area contributed by atoms with E-state index in [1.807, 2.05) is 38.1 Å². The predicted octanol–water partition coefficient (Wildman–Crippen LogP) is 3.21. The Morgan fingerprint density at radius 2 is 1.65 bits per heavy atom. The molecule has 2 aromatic carbocycles. The van der Waals surface area contributed by atoms with Crippen molar-refractivity contribution in [3.05, 3.63) is 59.7 Å². The maximum absolute atomic E-state index is 13.2. The molecule has 0 aromatic heterocycles. The number of fused-ring (bicyclic) bond motifs is 3. The Kier molecular flexibility index (Phi) is 3.87. The predicted molar refractivity (Wildman–Crippen MR) is 95.8 cm³/mol. The number of carbonyl (C=O) groups excluding carboxylic acids is 3. The monoisotopic (exact) mass is 349 g/mol. The fourth-order valence-corrected chi connectivity index (χ4v) is 3.99. The molecular weight excluding hydrogens is 330 g/mol. The standard InChI is InChI=1S/C21H19NO4/c1-3-14-17-15-6-4-5-7-16(15)26-21(25)18(17)20(24)22(19(14)23)13-10-8-12(2)9-11-13/h4-11,14,17-18H,3H2,1-2H3/t14-,17-,18+/m0/s1. The van der Waals surface area contributed by atoms with Gasteiger partial charge in [-0.25, -0.2) is 4.90 Å². The van der Waals surface area contributed by atoms with E-state index in [-0.39, 0.29) is 5.91 Å². The van der Waals surface area contributed by atoms with Gasteiger partial charge in [0, 0.05) is 17.4 Å². The first-order chi connectivity index (χ1) is 12.5. The Bertz CT molecular complexity index is 902. The number of anilines is 1. The molecule has 0 radical (unpaired) electrons. The summed E-state index contributed by atoms with van der Waals surface area (Å²) in [6.07, 6.45) is 0.539. The van der Waals surface area contributed by atoms with E-state index in [9.17, 15) is 14.4 Å². The van der Waals surface area contributed by atoms with Crippen molar-refractivity contribution < 1.29 is 19.1 Å². The Balaban J connectivity index is 1.84. The molecule has 0 N–H and O–H groups in total. The van der Waals surface area contributed by atoms with Gasteiger partial charge in [0.25, 0.3) is 0 Å². The summed E-state index contributed by atoms with van der Waals surface area (Å²) >= 11 is 0. The third-order valence-corrected chi connectivity index (χ3v) is 5.29. The average molecular weight is 349 g/mol. The summed E-state index contributed by atoms with van der Waals surface area (Å²) in [5.41, 5.74) is 2.28. The van der Waals surface area contributed by atoms with E-state index < -0.39 is 29.6 Å². The van der Waals surface area contributed by atoms with E-state index in [1.165, 1.54) is 0 Å². The van der Waals surface area contributed by atoms with Crippen molar-refractivity contribution in [2.75, 3.05) is 4.90 Å². The molecule has 0 spiro atoms. The second kappa shape index (κ2) is 6.09. The van der Waals surface area contributed by atoms with Crippen LogP contribution in [-0.2, 0) is 14.4 Å². The number of rotatable bonds is 2. The van der Waals surface area contributed by atoms with Gasteiger partial charge in [0.2, 0.25) is 11.8 Å². The van der Waals surface area contributed by atoms with E-state index in [0.717, 1.165) is 16.0 Å². The highest BCUT2D eigenvalue weighted by Crippen LogP contribution is 2.47. The second-order valence-electron chi connectivity index (χ2n) is 6.82. The van der Waals surface area contributed by atoms with Crippen molar-refractivity contribution in [1.29, 1.82) is 0 Å². The lowest BCUT2D eigenvalue weighted by Crippen LogP contribution is -2.57. The molecule has 26 heavy (non-hydrogen) atoms. The van der Waals surface area contributed by atoms with Gasteiger partial charge in [-0.1, -0.05) is 42.8 Å². The van der Waals surface area contributed by atoms with Crippen LogP contribution < -0.4 is 9.64 Å². The third-order valence-electron chi connectivity index (χ3n) is 5.29. The highest BCUT2D eigenvalue weighted by molar-refractivity contribution is 6.23. The van der Waals surface area contributed by atoms with Crippen LogP contribution in [0.5, 0.6) is 5.75 Å². The smallest absolute Gasteiger partial charge is 0.324 e. The van der Waals surface area contributed by atoms with Crippen molar-refractivity contribution in [3.8, 4) is 5.75 Å². The Hall–Kier alpha value is -2.95. The minimum Gasteiger partial charge on any atom is -0.426 e. The maximum atomic E-state index is 13.2. The number of ether oxygens (including phenoxy) is 1. The van der Waals surface area contributed by atoms with Gasteiger partial charge in [-0.05, 0) is 31.5 Å². The van der Waals surface area contributed by atoms with Gasteiger partial charge < -0.3 is 4.74 Å². The Morgan fingerprint density at radius 1 is 0.962 bits per heavy atom. The third kappa shape index (κ3) is 2.35. The highest BCUT2D eigenvalue weighted by Gasteiger charge is 2.55. The molecule has 132 valence electrons. The van der Waals surface area contributed by atoms with Gasteiger partial charge in [0.1, 0.15) is 11.7 Å². The first-order valence-electron chi connectivity index (χ1n) is 8.78. The zero-order valence-electron chi connectivity index (χ0n) is 14.6. The lowest BCUT2D eigenvalue weighted by Gasteiger charge is -2.42. The van der Waals surface area contributed by atoms with Crippen molar-refractivity contribution in [1.82, 2.24) is 0 Å². The van der Waals surface area contributed by atoms with Crippen LogP contribution in [-0.4, -0.2) is 17.8 Å². The molecule has 5 nitrogen and oxygen atoms in total. The number of hydrogen-bond acceptors (Lipinski definition) is 4. The van der Waals surface area contributed by atoms with Crippen molar-refractivity contribution in [2.45, 2.75) is 26.2 Å². The largest absolute Gasteiger partial charge is 0.426 e. The van der Waals surface area contributed by atoms with Gasteiger partial charge in [0.05, 0.1) is 5.69 Å². The normalized spacial score (nSPS) is 24.8. The quantitative estimate of drug-likeness (QED) is 0.361. The van der Waals surface area contributed by atoms with Crippen LogP contribution >= 0.6 is 0 Å². The van der Waals surface area contributed by atoms with Crippen LogP contribution in [0.25, 0.3) is 0 Å². The molecule has 2 heterocycles. The highest BCUT2D eigenvalue weighted by atomic mass is 16.5. The van der Waals surface area contributed by atoms with Crippen LogP contribution in [0.3, 0.4) is 0 Å². The molecule has 3 atom stereocenters. The summed E-state index contributed by atoms with van der Waals surface area (Å²) in [6, 6.07) is 14.3. The van der Waals surface area contributed by atoms with Crippen LogP contribution in [0, 0.1) is 18.8 Å². The fourth-order valence-electron chi connectivity index (χ4n) is 3.99. The van der Waals surface area contributed by atoms with Gasteiger partial charge in [0.15, 0.2) is 0 Å². The van der Waals surface area contributed by atoms with E-state index in [2.05, 4.69) is 0 Å². The van der Waals surface area contributed by atoms with Crippen LogP contribution in [0.15, 0.2) is 48.5 Å². The number of benzene rings is 2. The van der Waals surface area contributed by atoms with Gasteiger partial charge in [-0.15, -0.1) is 0 Å². The van der Waals surface area contributed by atoms with Crippen molar-refractivity contribution in [3.63, 3.8) is 0 Å². The molecule has 0 unspecified atom stereocenters. The van der Waals surface area contributed by atoms with Gasteiger partial charge in [-0.3, -0.25) is 14.4 Å². The van der Waals surface area contributed by atoms with E-state index in [0.29, 0.717) is 17.9 Å². The van der Waals surface area contributed by atoms with Gasteiger partial charge >= 0.3 is 5.97 Å². The van der Waals surface area contributed by atoms with E-state index in [4.69, 9.17) is 4.74 Å². The fraction of sp³-hybridized carbons (Fsp3) is 0.286. The molecule has 5 heteroatoms. The topological polar surface area (TPSA) is 63.7 Å². The van der Waals surface area contributed by atoms with E-state index in [1.54, 1.807) is 24.3 Å². The first kappa shape index (κ1) is 16.5. The summed E-state index contributed by atoms with van der Waals surface area (Å²) in [5.74, 6) is -2.82. The zero-order valence-corrected chi connectivity index (χ0v) is 14.6. The summed E-state index contributed by atoms with van der Waals surface area (Å²) in [6.45, 7) is 3.84. The molecule has 4 rings (SSSR count). The molecule has 0 bridgehead atoms. The maximum Gasteiger partial charge on any atom is 0.324 e. The number of para-hydroxylation sites is 1. The van der Waals surface area contributed by atoms with Crippen LogP contribution in [0.2, 0.25) is 0 Å². The van der Waals surface area contributed by atoms with E-state index >= 15 is 0 Å². The molecular formula is C21H19NO4. The number of esters is 1. The van der Waals surface area contributed by atoms with Gasteiger partial charge in [-0.2, -0.15) is 0 Å². The first-order valence-corrected chi connectivity index (χ1v) is 8.78. The summed E-state index contributed by atoms with van der Waals surface area (Å²) in [4.78, 5) is 40.1. The molecule has 1 fully saturated rings. The Morgan fingerprint density at radius 3 is 2.35 bits per heavy atom. The number of carbonyl (C=O) groups is 3. The molecule has 0 saturated carbocycles. The molecule has 0 aliphatic carbocycles. The Labute approximate surface area is 151 Å². The molecule has 2 aliphatic heterocycles. The average Bonchev–Trinajstić information content (AvgIpc) is 2.63. The molecule has 2 amide bonds. The molecule has 2 aromatic rings. The van der Waals surface area contributed by atoms with Crippen molar-refractivity contribution >= 4 is 23.5 Å². The number of amides is 2. The minimum absolute atomic E-state index is 0.257. The number of nitrogens with zero attached hydrogens (tertiary/aromatic N) is 1. The molecule has 1 saturated heterocycles. The summed E-state index contributed by atoms with van der Waals surface area (Å²) in [7, 11) is 0. The number of imide groups is 1. The summed E-state index contributed by atoms with van der Waals surface area (Å²) < 4.78 is 5.41. The van der Waals surface area contributed by atoms with Crippen LogP contribution in [0.4, 0.5) is 5.69 Å². The lowest BCUT2D eigenvalue weighted by molar-refractivity contribution is -0.151. The zero-order chi connectivity index (χ0) is 18.4. The minimum atomic E-state index is -0.992. The lowest BCUT2D eigenvalue weighted by atomic mass is 9.70. The molecule has 2 aliphatic rings. The van der Waals surface area contributed by atoms with Crippen LogP contribution in [0.1, 0.15) is 30.4 Å². The summed E-state index contributed by atoms with van der Waals surface area (Å²) in [5, 5.41) is 0. The number of hydrogen-bond donors (Lipinski definition) is 0. The van der Waals surface area contributed by atoms with Crippen molar-refractivity contribution in [2.24, 2.45) is 11.8 Å².